The second kappa shape index (κ2) is 19.9. The van der Waals surface area contributed by atoms with Gasteiger partial charge in [-0.2, -0.15) is 22.7 Å². The van der Waals surface area contributed by atoms with Crippen LogP contribution in [0.3, 0.4) is 0 Å². The Hall–Kier alpha value is -7.68. The number of benzene rings is 4. The fourth-order valence-corrected chi connectivity index (χ4v) is 9.53. The van der Waals surface area contributed by atoms with Crippen LogP contribution in [-0.2, 0) is 13.1 Å². The number of para-hydroxylation sites is 1. The molecule has 2 N–H and O–H groups in total. The molecule has 2 aliphatic heterocycles. The van der Waals surface area contributed by atoms with Gasteiger partial charge in [0, 0.05) is 65.1 Å². The lowest BCUT2D eigenvalue weighted by atomic mass is 9.89. The summed E-state index contributed by atoms with van der Waals surface area (Å²) >= 11 is 0. The molecule has 21 heteroatoms. The van der Waals surface area contributed by atoms with Gasteiger partial charge in [0.1, 0.15) is 0 Å². The van der Waals surface area contributed by atoms with Crippen LogP contribution in [0.25, 0.3) is 33.8 Å². The molecule has 7 aromatic rings. The van der Waals surface area contributed by atoms with E-state index >= 15 is 0 Å². The second-order valence-corrected chi connectivity index (χ2v) is 17.1. The molecule has 356 valence electrons. The van der Waals surface area contributed by atoms with Crippen molar-refractivity contribution in [1.82, 2.24) is 40.0 Å². The molecule has 2 saturated carbocycles. The van der Waals surface area contributed by atoms with Gasteiger partial charge in [-0.3, -0.25) is 29.2 Å². The summed E-state index contributed by atoms with van der Waals surface area (Å²) in [7, 11) is 0. The van der Waals surface area contributed by atoms with E-state index in [9.17, 15) is 42.1 Å². The monoisotopic (exact) mass is 948 g/mol. The molecule has 4 atom stereocenters. The average molecular weight is 949 g/mol. The summed E-state index contributed by atoms with van der Waals surface area (Å²) in [5, 5.41) is 30.2. The Balaban J connectivity index is 0.000000145. The van der Waals surface area contributed by atoms with Crippen molar-refractivity contribution in [2.75, 3.05) is 0 Å². The number of hydrogen-bond acceptors (Lipinski definition) is 13. The van der Waals surface area contributed by atoms with Crippen LogP contribution in [0.15, 0.2) is 100.0 Å². The highest BCUT2D eigenvalue weighted by atomic mass is 19.3. The van der Waals surface area contributed by atoms with Crippen LogP contribution >= 0.6 is 0 Å². The first kappa shape index (κ1) is 46.4. The van der Waals surface area contributed by atoms with Crippen LogP contribution in [-0.4, -0.2) is 81.1 Å². The number of carbonyl (C=O) groups is 3. The minimum atomic E-state index is -2.83. The van der Waals surface area contributed by atoms with Gasteiger partial charge < -0.3 is 24.4 Å². The number of amides is 2. The van der Waals surface area contributed by atoms with Crippen molar-refractivity contribution in [2.24, 2.45) is 5.73 Å². The Morgan fingerprint density at radius 1 is 0.681 bits per heavy atom. The van der Waals surface area contributed by atoms with Gasteiger partial charge in [-0.15, -0.1) is 20.4 Å². The van der Waals surface area contributed by atoms with Crippen molar-refractivity contribution in [2.45, 2.75) is 101 Å². The number of nitrogens with zero attached hydrogens (tertiary/aromatic N) is 9. The van der Waals surface area contributed by atoms with E-state index < -0.39 is 29.6 Å². The lowest BCUT2D eigenvalue weighted by Gasteiger charge is -2.38. The maximum atomic E-state index is 13.5. The summed E-state index contributed by atoms with van der Waals surface area (Å²) in [5.74, 6) is -1.62. The fraction of sp³-hybridized carbons (Fsp3) is 0.333. The Morgan fingerprint density at radius 3 is 1.72 bits per heavy atom. The number of hydrogen-bond donors (Lipinski definition) is 1. The number of fused-ring (bicyclic) bond motifs is 3. The van der Waals surface area contributed by atoms with Gasteiger partial charge in [0.05, 0.1) is 28.1 Å². The van der Waals surface area contributed by atoms with E-state index in [1.165, 1.54) is 18.2 Å². The maximum Gasteiger partial charge on any atom is 0.314 e. The molecule has 0 unspecified atom stereocenters. The summed E-state index contributed by atoms with van der Waals surface area (Å²) in [6.07, 6.45) is 4.92. The smallest absolute Gasteiger partial charge is 0.314 e. The van der Waals surface area contributed by atoms with Gasteiger partial charge in [-0.25, -0.2) is 0 Å². The highest BCUT2D eigenvalue weighted by Gasteiger charge is 2.40. The molecule has 17 nitrogen and oxygen atoms in total. The standard InChI is InChI=1S/C24H21F2N5O2.C17H18F2N4O2.C7H5NO3/c25-21(26)23-28-27-22(33-23)14-9-10-15-12-30(24(32)17(15)11-14)19-7-3-4-8-20(19)31-13-16-5-1-2-6-18(16)29-31;18-14(19)16-22-21-15(25-16)9-5-6-10-8-23(17(24)11(10)7-9)13-4-2-1-3-12(13)20;9-5-6-3-1-2-4-7(6)8(10)11/h1-2,5-6,9-11,13,19-21H,3-4,7-8,12H2;5-7,12-14H,1-4,8,20H2;1-5H/t19-,20-;12-,13-;/m11./s1. The zero-order valence-electron chi connectivity index (χ0n) is 36.7. The number of aldehydes is 1. The molecule has 2 aliphatic carbocycles. The maximum absolute atomic E-state index is 13.5. The molecule has 5 heterocycles. The summed E-state index contributed by atoms with van der Waals surface area (Å²) in [6, 6.07) is 24.4. The van der Waals surface area contributed by atoms with Crippen molar-refractivity contribution in [3.05, 3.63) is 141 Å². The van der Waals surface area contributed by atoms with E-state index in [4.69, 9.17) is 19.7 Å². The first-order valence-corrected chi connectivity index (χ1v) is 22.4. The van der Waals surface area contributed by atoms with Gasteiger partial charge in [-0.05, 0) is 73.2 Å². The van der Waals surface area contributed by atoms with Crippen molar-refractivity contribution in [1.29, 1.82) is 0 Å². The Labute approximate surface area is 390 Å². The van der Waals surface area contributed by atoms with E-state index in [0.29, 0.717) is 41.6 Å². The molecule has 2 fully saturated rings. The van der Waals surface area contributed by atoms with E-state index in [-0.39, 0.29) is 59.0 Å². The van der Waals surface area contributed by atoms with E-state index in [2.05, 4.69) is 26.6 Å². The predicted octanol–water partition coefficient (Wildman–Crippen LogP) is 9.47. The van der Waals surface area contributed by atoms with Crippen LogP contribution in [0.2, 0.25) is 0 Å². The molecule has 4 aromatic carbocycles. The van der Waals surface area contributed by atoms with Crippen molar-refractivity contribution >= 4 is 34.7 Å². The lowest BCUT2D eigenvalue weighted by molar-refractivity contribution is -0.385. The van der Waals surface area contributed by atoms with Gasteiger partial charge in [-0.1, -0.05) is 68.1 Å². The summed E-state index contributed by atoms with van der Waals surface area (Å²) in [6.45, 7) is 1.04. The lowest BCUT2D eigenvalue weighted by Crippen LogP contribution is -2.49. The fourth-order valence-electron chi connectivity index (χ4n) is 9.53. The summed E-state index contributed by atoms with van der Waals surface area (Å²) in [4.78, 5) is 49.9. The predicted molar refractivity (Wildman–Crippen MR) is 239 cm³/mol. The number of rotatable bonds is 9. The molecule has 0 spiro atoms. The molecule has 3 aromatic heterocycles. The number of nitrogens with two attached hydrogens (primary N) is 1. The third-order valence-electron chi connectivity index (χ3n) is 12.9. The Bertz CT molecular complexity index is 3000. The van der Waals surface area contributed by atoms with Gasteiger partial charge >= 0.3 is 12.9 Å². The van der Waals surface area contributed by atoms with E-state index in [1.54, 1.807) is 30.3 Å². The summed E-state index contributed by atoms with van der Waals surface area (Å²) in [5.41, 5.74) is 11.0. The molecule has 0 radical (unpaired) electrons. The van der Waals surface area contributed by atoms with Crippen molar-refractivity contribution < 1.29 is 45.7 Å². The Kier molecular flexibility index (Phi) is 13.4. The number of nitro groups is 1. The van der Waals surface area contributed by atoms with Gasteiger partial charge in [0.15, 0.2) is 6.29 Å². The van der Waals surface area contributed by atoms with Crippen LogP contribution in [0.5, 0.6) is 0 Å². The molecular formula is C48H44F4N10O7. The largest absolute Gasteiger partial charge is 0.415 e. The van der Waals surface area contributed by atoms with Crippen molar-refractivity contribution in [3.63, 3.8) is 0 Å². The van der Waals surface area contributed by atoms with E-state index in [0.717, 1.165) is 73.4 Å². The molecule has 2 amide bonds. The normalized spacial score (nSPS) is 19.8. The number of alkyl halides is 4. The van der Waals surface area contributed by atoms with Gasteiger partial charge in [0.2, 0.25) is 11.8 Å². The zero-order valence-corrected chi connectivity index (χ0v) is 36.7. The number of aromatic nitrogens is 6. The van der Waals surface area contributed by atoms with E-state index in [1.807, 2.05) is 50.9 Å². The molecule has 4 aliphatic rings. The number of carbonyl (C=O) groups excluding carboxylic acids is 3. The minimum absolute atomic E-state index is 0.00368. The van der Waals surface area contributed by atoms with Crippen LogP contribution in [0, 0.1) is 10.1 Å². The van der Waals surface area contributed by atoms with Gasteiger partial charge in [0.25, 0.3) is 29.3 Å². The quantitative estimate of drug-likeness (QED) is 0.0617. The van der Waals surface area contributed by atoms with Crippen LogP contribution < -0.4 is 5.73 Å². The summed E-state index contributed by atoms with van der Waals surface area (Å²) < 4.78 is 62.9. The second-order valence-electron chi connectivity index (χ2n) is 17.1. The zero-order chi connectivity index (χ0) is 48.3. The third-order valence-corrected chi connectivity index (χ3v) is 12.9. The molecule has 0 bridgehead atoms. The molecule has 0 saturated heterocycles. The molecular weight excluding hydrogens is 905 g/mol. The first-order valence-electron chi connectivity index (χ1n) is 22.4. The van der Waals surface area contributed by atoms with Crippen LogP contribution in [0.4, 0.5) is 23.2 Å². The Morgan fingerprint density at radius 2 is 1.20 bits per heavy atom. The van der Waals surface area contributed by atoms with Crippen molar-refractivity contribution in [3.8, 4) is 22.9 Å². The number of nitro benzene ring substituents is 1. The third kappa shape index (κ3) is 9.58. The van der Waals surface area contributed by atoms with Crippen LogP contribution in [0.1, 0.15) is 124 Å². The highest BCUT2D eigenvalue weighted by Crippen LogP contribution is 2.39. The molecule has 69 heavy (non-hydrogen) atoms. The SMILES string of the molecule is N[C@@H]1CCCC[C@H]1N1Cc2ccc(-c3nnc(C(F)F)o3)cc2C1=O.O=C1c2cc(-c3nnc(C(F)F)o3)ccc2CN1[C@@H]1CCCC[C@H]1n1cc2ccccc2n1.O=Cc1ccccc1[N+](=O)[O-]. The topological polar surface area (TPSA) is 223 Å². The average Bonchev–Trinajstić information content (AvgIpc) is 4.23. The number of halogens is 4. The minimum Gasteiger partial charge on any atom is -0.415 e. The molecule has 11 rings (SSSR count). The highest BCUT2D eigenvalue weighted by molar-refractivity contribution is 6.00. The first-order chi connectivity index (χ1) is 33.4.